The van der Waals surface area contributed by atoms with Gasteiger partial charge in [0.2, 0.25) is 0 Å². The minimum Gasteiger partial charge on any atom is -0.342 e. The molecule has 2 nitrogen and oxygen atoms in total. The highest BCUT2D eigenvalue weighted by molar-refractivity contribution is 6.18. The van der Waals surface area contributed by atoms with E-state index in [2.05, 4.69) is 29.0 Å². The standard InChI is InChI=1S/C11H13ClN2/c1-2-11-13-9-4-3-8(5-6-12)7-10(9)14-11/h3-4,7H,2,5-6H2,1H3,(H,13,14). The third-order valence-electron chi connectivity index (χ3n) is 2.31. The van der Waals surface area contributed by atoms with Gasteiger partial charge in [-0.3, -0.25) is 0 Å². The van der Waals surface area contributed by atoms with Crippen LogP contribution in [0.5, 0.6) is 0 Å². The van der Waals surface area contributed by atoms with Gasteiger partial charge in [-0.25, -0.2) is 4.98 Å². The van der Waals surface area contributed by atoms with Crippen LogP contribution in [0.3, 0.4) is 0 Å². The highest BCUT2D eigenvalue weighted by Gasteiger charge is 2.01. The van der Waals surface area contributed by atoms with Crippen LogP contribution in [0.25, 0.3) is 11.0 Å². The molecule has 1 aromatic carbocycles. The van der Waals surface area contributed by atoms with Crippen LogP contribution in [0.15, 0.2) is 18.2 Å². The number of rotatable bonds is 3. The van der Waals surface area contributed by atoms with Crippen molar-refractivity contribution in [2.24, 2.45) is 0 Å². The summed E-state index contributed by atoms with van der Waals surface area (Å²) in [6.45, 7) is 2.09. The van der Waals surface area contributed by atoms with Gasteiger partial charge < -0.3 is 4.98 Å². The van der Waals surface area contributed by atoms with E-state index < -0.39 is 0 Å². The predicted molar refractivity (Wildman–Crippen MR) is 59.9 cm³/mol. The van der Waals surface area contributed by atoms with Crippen molar-refractivity contribution >= 4 is 22.6 Å². The number of halogens is 1. The molecule has 3 heteroatoms. The molecule has 0 atom stereocenters. The summed E-state index contributed by atoms with van der Waals surface area (Å²) < 4.78 is 0. The van der Waals surface area contributed by atoms with Gasteiger partial charge in [0.15, 0.2) is 0 Å². The molecule has 1 aromatic heterocycles. The van der Waals surface area contributed by atoms with E-state index in [0.717, 1.165) is 29.7 Å². The van der Waals surface area contributed by atoms with E-state index in [1.807, 2.05) is 6.07 Å². The Morgan fingerprint density at radius 1 is 1.43 bits per heavy atom. The Hall–Kier alpha value is -1.02. The second kappa shape index (κ2) is 4.01. The molecule has 0 spiro atoms. The number of H-pyrrole nitrogens is 1. The van der Waals surface area contributed by atoms with Crippen molar-refractivity contribution in [1.29, 1.82) is 0 Å². The zero-order valence-corrected chi connectivity index (χ0v) is 8.93. The fourth-order valence-corrected chi connectivity index (χ4v) is 1.76. The number of aromatic amines is 1. The number of nitrogens with zero attached hydrogens (tertiary/aromatic N) is 1. The van der Waals surface area contributed by atoms with Crippen molar-refractivity contribution in [3.63, 3.8) is 0 Å². The predicted octanol–water partition coefficient (Wildman–Crippen LogP) is 2.91. The Morgan fingerprint density at radius 3 is 3.00 bits per heavy atom. The van der Waals surface area contributed by atoms with Crippen LogP contribution in [-0.4, -0.2) is 15.8 Å². The zero-order valence-electron chi connectivity index (χ0n) is 8.18. The summed E-state index contributed by atoms with van der Waals surface area (Å²) in [6.07, 6.45) is 1.86. The van der Waals surface area contributed by atoms with Crippen LogP contribution < -0.4 is 0 Å². The molecule has 14 heavy (non-hydrogen) atoms. The Morgan fingerprint density at radius 2 is 2.29 bits per heavy atom. The van der Waals surface area contributed by atoms with E-state index in [1.54, 1.807) is 0 Å². The first-order chi connectivity index (χ1) is 6.83. The van der Waals surface area contributed by atoms with Crippen LogP contribution >= 0.6 is 11.6 Å². The lowest BCUT2D eigenvalue weighted by Gasteiger charge is -1.96. The number of nitrogens with one attached hydrogen (secondary N) is 1. The Kier molecular flexibility index (Phi) is 2.73. The SMILES string of the molecule is CCc1nc2ccc(CCCl)cc2[nH]1. The first-order valence-corrected chi connectivity index (χ1v) is 5.40. The topological polar surface area (TPSA) is 28.7 Å². The van der Waals surface area contributed by atoms with Crippen molar-refractivity contribution in [1.82, 2.24) is 9.97 Å². The molecule has 0 aliphatic rings. The van der Waals surface area contributed by atoms with Gasteiger partial charge in [-0.15, -0.1) is 11.6 Å². The number of alkyl halides is 1. The monoisotopic (exact) mass is 208 g/mol. The highest BCUT2D eigenvalue weighted by Crippen LogP contribution is 2.14. The van der Waals surface area contributed by atoms with Gasteiger partial charge in [0.1, 0.15) is 5.82 Å². The number of aryl methyl sites for hydroxylation is 2. The third-order valence-corrected chi connectivity index (χ3v) is 2.50. The van der Waals surface area contributed by atoms with Crippen LogP contribution in [0.1, 0.15) is 18.3 Å². The van der Waals surface area contributed by atoms with E-state index in [1.165, 1.54) is 5.56 Å². The lowest BCUT2D eigenvalue weighted by atomic mass is 10.1. The van der Waals surface area contributed by atoms with Gasteiger partial charge in [0, 0.05) is 12.3 Å². The van der Waals surface area contributed by atoms with Crippen molar-refractivity contribution in [3.05, 3.63) is 29.6 Å². The minimum atomic E-state index is 0.667. The molecule has 0 fully saturated rings. The molecule has 74 valence electrons. The van der Waals surface area contributed by atoms with Gasteiger partial charge in [0.25, 0.3) is 0 Å². The molecule has 2 aromatic rings. The smallest absolute Gasteiger partial charge is 0.106 e. The fourth-order valence-electron chi connectivity index (χ4n) is 1.54. The van der Waals surface area contributed by atoms with Crippen LogP contribution in [0.2, 0.25) is 0 Å². The number of imidazole rings is 1. The molecule has 0 aliphatic carbocycles. The zero-order chi connectivity index (χ0) is 9.97. The van der Waals surface area contributed by atoms with E-state index in [9.17, 15) is 0 Å². The quantitative estimate of drug-likeness (QED) is 0.773. The van der Waals surface area contributed by atoms with Crippen molar-refractivity contribution in [2.75, 3.05) is 5.88 Å². The molecule has 0 amide bonds. The molecule has 0 bridgehead atoms. The van der Waals surface area contributed by atoms with Crippen molar-refractivity contribution in [2.45, 2.75) is 19.8 Å². The van der Waals surface area contributed by atoms with Gasteiger partial charge in [0.05, 0.1) is 11.0 Å². The number of hydrogen-bond donors (Lipinski definition) is 1. The second-order valence-electron chi connectivity index (χ2n) is 3.33. The number of hydrogen-bond acceptors (Lipinski definition) is 1. The first kappa shape index (κ1) is 9.53. The molecule has 0 radical (unpaired) electrons. The lowest BCUT2D eigenvalue weighted by molar-refractivity contribution is 1.00. The summed E-state index contributed by atoms with van der Waals surface area (Å²) in [5.41, 5.74) is 3.42. The summed E-state index contributed by atoms with van der Waals surface area (Å²) in [4.78, 5) is 7.73. The van der Waals surface area contributed by atoms with E-state index in [4.69, 9.17) is 11.6 Å². The van der Waals surface area contributed by atoms with Crippen molar-refractivity contribution < 1.29 is 0 Å². The van der Waals surface area contributed by atoms with E-state index in [0.29, 0.717) is 5.88 Å². The molecule has 0 saturated carbocycles. The highest BCUT2D eigenvalue weighted by atomic mass is 35.5. The molecule has 2 rings (SSSR count). The summed E-state index contributed by atoms with van der Waals surface area (Å²) in [5, 5.41) is 0. The normalized spacial score (nSPS) is 11.0. The Balaban J connectivity index is 2.43. The van der Waals surface area contributed by atoms with Crippen LogP contribution in [-0.2, 0) is 12.8 Å². The molecule has 1 heterocycles. The Labute approximate surface area is 88.3 Å². The second-order valence-corrected chi connectivity index (χ2v) is 3.71. The molecule has 0 saturated heterocycles. The summed E-state index contributed by atoms with van der Waals surface area (Å²) in [5.74, 6) is 1.71. The van der Waals surface area contributed by atoms with Crippen molar-refractivity contribution in [3.8, 4) is 0 Å². The largest absolute Gasteiger partial charge is 0.342 e. The summed E-state index contributed by atoms with van der Waals surface area (Å²) in [6, 6.07) is 6.27. The Bertz CT molecular complexity index is 434. The van der Waals surface area contributed by atoms with Gasteiger partial charge in [-0.2, -0.15) is 0 Å². The van der Waals surface area contributed by atoms with Crippen LogP contribution in [0, 0.1) is 0 Å². The number of aromatic nitrogens is 2. The minimum absolute atomic E-state index is 0.667. The molecular formula is C11H13ClN2. The summed E-state index contributed by atoms with van der Waals surface area (Å²) >= 11 is 5.69. The van der Waals surface area contributed by atoms with Crippen LogP contribution in [0.4, 0.5) is 0 Å². The number of fused-ring (bicyclic) bond motifs is 1. The molecule has 0 unspecified atom stereocenters. The molecule has 0 aliphatic heterocycles. The molecule has 1 N–H and O–H groups in total. The maximum Gasteiger partial charge on any atom is 0.106 e. The maximum atomic E-state index is 5.69. The summed E-state index contributed by atoms with van der Waals surface area (Å²) in [7, 11) is 0. The number of benzene rings is 1. The fraction of sp³-hybridized carbons (Fsp3) is 0.364. The van der Waals surface area contributed by atoms with E-state index >= 15 is 0 Å². The van der Waals surface area contributed by atoms with Gasteiger partial charge in [-0.1, -0.05) is 13.0 Å². The van der Waals surface area contributed by atoms with Gasteiger partial charge in [-0.05, 0) is 24.1 Å². The van der Waals surface area contributed by atoms with Gasteiger partial charge >= 0.3 is 0 Å². The maximum absolute atomic E-state index is 5.69. The molecular weight excluding hydrogens is 196 g/mol. The average Bonchev–Trinajstić information content (AvgIpc) is 2.60. The average molecular weight is 209 g/mol. The lowest BCUT2D eigenvalue weighted by Crippen LogP contribution is -1.85. The van der Waals surface area contributed by atoms with E-state index in [-0.39, 0.29) is 0 Å². The third kappa shape index (κ3) is 1.75. The first-order valence-electron chi connectivity index (χ1n) is 4.87.